The first-order valence-electron chi connectivity index (χ1n) is 8.89. The van der Waals surface area contributed by atoms with E-state index in [4.69, 9.17) is 9.72 Å². The lowest BCUT2D eigenvalue weighted by molar-refractivity contribution is 0.123. The Morgan fingerprint density at radius 2 is 2.04 bits per heavy atom. The Hall–Kier alpha value is -1.80. The molecule has 2 aromatic heterocycles. The Labute approximate surface area is 174 Å². The van der Waals surface area contributed by atoms with Crippen LogP contribution in [0, 0.1) is 5.92 Å². The number of benzene rings is 1. The number of anilines is 2. The summed E-state index contributed by atoms with van der Waals surface area (Å²) in [7, 11) is 0. The van der Waals surface area contributed by atoms with Crippen LogP contribution in [0.15, 0.2) is 54.7 Å². The molecule has 1 saturated heterocycles. The van der Waals surface area contributed by atoms with Gasteiger partial charge in [-0.25, -0.2) is 9.97 Å². The molecule has 4 rings (SSSR count). The number of hydrogen-bond acceptors (Lipinski definition) is 6. The fourth-order valence-corrected chi connectivity index (χ4v) is 3.86. The van der Waals surface area contributed by atoms with Crippen LogP contribution in [0.2, 0.25) is 0 Å². The van der Waals surface area contributed by atoms with E-state index in [1.807, 2.05) is 36.5 Å². The lowest BCUT2D eigenvalue weighted by atomic mass is 10.0. The van der Waals surface area contributed by atoms with E-state index >= 15 is 0 Å². The van der Waals surface area contributed by atoms with Crippen molar-refractivity contribution in [1.82, 2.24) is 15.3 Å². The van der Waals surface area contributed by atoms with E-state index in [0.29, 0.717) is 5.92 Å². The first kappa shape index (κ1) is 19.9. The topological polar surface area (TPSA) is 59.1 Å². The summed E-state index contributed by atoms with van der Waals surface area (Å²) in [5, 5.41) is 7.60. The molecule has 5 nitrogen and oxygen atoms in total. The highest BCUT2D eigenvalue weighted by Gasteiger charge is 2.14. The minimum atomic E-state index is 0. The van der Waals surface area contributed by atoms with E-state index in [1.54, 1.807) is 11.3 Å². The maximum absolute atomic E-state index is 5.64. The summed E-state index contributed by atoms with van der Waals surface area (Å²) in [6, 6.07) is 16.4. The number of hydrogen-bond donors (Lipinski definition) is 2. The van der Waals surface area contributed by atoms with Crippen molar-refractivity contribution in [3.8, 4) is 10.4 Å². The number of halogens is 1. The Morgan fingerprint density at radius 1 is 1.15 bits per heavy atom. The monoisotopic (exact) mass is 446 g/mol. The zero-order valence-corrected chi connectivity index (χ0v) is 17.5. The van der Waals surface area contributed by atoms with Gasteiger partial charge in [0.15, 0.2) is 5.13 Å². The van der Waals surface area contributed by atoms with Gasteiger partial charge in [0.2, 0.25) is 0 Å². The summed E-state index contributed by atoms with van der Waals surface area (Å²) in [5.74, 6) is 1.30. The average Bonchev–Trinajstić information content (AvgIpc) is 2.98. The van der Waals surface area contributed by atoms with Gasteiger partial charge in [0.25, 0.3) is 0 Å². The third kappa shape index (κ3) is 5.59. The first-order chi connectivity index (χ1) is 12.9. The predicted molar refractivity (Wildman–Crippen MR) is 116 cm³/mol. The van der Waals surface area contributed by atoms with Gasteiger partial charge in [-0.1, -0.05) is 47.7 Å². The van der Waals surface area contributed by atoms with Gasteiger partial charge in [0.1, 0.15) is 5.82 Å². The minimum absolute atomic E-state index is 0. The second kappa shape index (κ2) is 9.94. The molecule has 0 spiro atoms. The van der Waals surface area contributed by atoms with Gasteiger partial charge in [-0.15, -0.1) is 17.0 Å². The highest BCUT2D eigenvalue weighted by molar-refractivity contribution is 8.93. The molecule has 0 bridgehead atoms. The molecule has 142 valence electrons. The van der Waals surface area contributed by atoms with Crippen molar-refractivity contribution in [2.24, 2.45) is 5.92 Å². The van der Waals surface area contributed by atoms with E-state index in [2.05, 4.69) is 33.8 Å². The van der Waals surface area contributed by atoms with Crippen LogP contribution in [0.4, 0.5) is 10.9 Å². The number of thiazole rings is 1. The van der Waals surface area contributed by atoms with Gasteiger partial charge in [0, 0.05) is 30.9 Å². The quantitative estimate of drug-likeness (QED) is 0.611. The summed E-state index contributed by atoms with van der Waals surface area (Å²) in [5.41, 5.74) is 2.26. The largest absolute Gasteiger partial charge is 0.380 e. The highest BCUT2D eigenvalue weighted by Crippen LogP contribution is 2.30. The third-order valence-electron chi connectivity index (χ3n) is 4.31. The number of pyridine rings is 1. The highest BCUT2D eigenvalue weighted by atomic mass is 79.9. The molecule has 1 atom stereocenters. The normalized spacial score (nSPS) is 17.0. The Balaban J connectivity index is 0.00000210. The molecule has 1 aliphatic heterocycles. The first-order valence-corrected chi connectivity index (χ1v) is 9.71. The second-order valence-electron chi connectivity index (χ2n) is 6.38. The van der Waals surface area contributed by atoms with Gasteiger partial charge in [0.05, 0.1) is 18.1 Å². The molecule has 0 radical (unpaired) electrons. The third-order valence-corrected chi connectivity index (χ3v) is 5.28. The number of aromatic nitrogens is 2. The Morgan fingerprint density at radius 3 is 2.93 bits per heavy atom. The molecule has 1 unspecified atom stereocenters. The molecule has 3 heterocycles. The number of nitrogens with one attached hydrogen (secondary N) is 2. The van der Waals surface area contributed by atoms with Crippen molar-refractivity contribution in [2.45, 2.75) is 6.42 Å². The minimum Gasteiger partial charge on any atom is -0.380 e. The van der Waals surface area contributed by atoms with E-state index < -0.39 is 0 Å². The number of ether oxygens (including phenoxy) is 1. The molecule has 0 aliphatic carbocycles. The van der Waals surface area contributed by atoms with Crippen LogP contribution >= 0.6 is 28.3 Å². The van der Waals surface area contributed by atoms with Gasteiger partial charge in [-0.05, 0) is 24.1 Å². The van der Waals surface area contributed by atoms with Crippen LogP contribution in [0.5, 0.6) is 0 Å². The van der Waals surface area contributed by atoms with Gasteiger partial charge < -0.3 is 15.4 Å². The standard InChI is InChI=1S/C20H22N4OS.BrH/c1-2-5-16(6-3-1)18-13-22-20(26-18)24-19-8-4-7-17(23-19)11-15-12-21-9-10-25-14-15;/h1-8,13,15,21H,9-12,14H2,(H,22,23,24);1H. The lowest BCUT2D eigenvalue weighted by Crippen LogP contribution is -2.24. The molecule has 7 heteroatoms. The van der Waals surface area contributed by atoms with E-state index in [1.165, 1.54) is 5.56 Å². The summed E-state index contributed by atoms with van der Waals surface area (Å²) >= 11 is 1.63. The Kier molecular flexibility index (Phi) is 7.34. The van der Waals surface area contributed by atoms with Crippen LogP contribution in [0.25, 0.3) is 10.4 Å². The summed E-state index contributed by atoms with van der Waals surface area (Å²) in [6.07, 6.45) is 2.82. The number of rotatable bonds is 5. The van der Waals surface area contributed by atoms with Gasteiger partial charge in [-0.3, -0.25) is 0 Å². The molecule has 0 amide bonds. The maximum atomic E-state index is 5.64. The van der Waals surface area contributed by atoms with Crippen LogP contribution in [-0.4, -0.2) is 36.3 Å². The average molecular weight is 447 g/mol. The smallest absolute Gasteiger partial charge is 0.188 e. The van der Waals surface area contributed by atoms with E-state index in [0.717, 1.165) is 54.2 Å². The van der Waals surface area contributed by atoms with Crippen LogP contribution in [-0.2, 0) is 11.2 Å². The van der Waals surface area contributed by atoms with Crippen molar-refractivity contribution in [3.05, 3.63) is 60.4 Å². The molecule has 27 heavy (non-hydrogen) atoms. The molecule has 3 aromatic rings. The van der Waals surface area contributed by atoms with Crippen LogP contribution in [0.1, 0.15) is 5.69 Å². The molecular weight excluding hydrogens is 424 g/mol. The zero-order chi connectivity index (χ0) is 17.6. The summed E-state index contributed by atoms with van der Waals surface area (Å²) in [4.78, 5) is 10.4. The van der Waals surface area contributed by atoms with Gasteiger partial charge >= 0.3 is 0 Å². The summed E-state index contributed by atoms with van der Waals surface area (Å²) < 4.78 is 5.64. The second-order valence-corrected chi connectivity index (χ2v) is 7.41. The van der Waals surface area contributed by atoms with E-state index in [9.17, 15) is 0 Å². The predicted octanol–water partition coefficient (Wildman–Crippen LogP) is 4.31. The van der Waals surface area contributed by atoms with Crippen LogP contribution in [0.3, 0.4) is 0 Å². The Bertz CT molecular complexity index is 835. The van der Waals surface area contributed by atoms with Gasteiger partial charge in [-0.2, -0.15) is 0 Å². The molecule has 1 fully saturated rings. The van der Waals surface area contributed by atoms with Crippen molar-refractivity contribution in [1.29, 1.82) is 0 Å². The lowest BCUT2D eigenvalue weighted by Gasteiger charge is -2.13. The maximum Gasteiger partial charge on any atom is 0.188 e. The van der Waals surface area contributed by atoms with Crippen molar-refractivity contribution in [2.75, 3.05) is 31.6 Å². The van der Waals surface area contributed by atoms with Crippen molar-refractivity contribution < 1.29 is 4.74 Å². The molecule has 1 aliphatic rings. The summed E-state index contributed by atoms with van der Waals surface area (Å²) in [6.45, 7) is 3.49. The van der Waals surface area contributed by atoms with E-state index in [-0.39, 0.29) is 17.0 Å². The molecule has 1 aromatic carbocycles. The SMILES string of the molecule is Br.c1ccc(-c2cnc(Nc3cccc(CC4CNCCOC4)n3)s2)cc1. The van der Waals surface area contributed by atoms with Crippen molar-refractivity contribution >= 4 is 39.3 Å². The molecular formula is C20H23BrN4OS. The zero-order valence-electron chi connectivity index (χ0n) is 14.9. The fourth-order valence-electron chi connectivity index (χ4n) is 3.03. The molecule has 2 N–H and O–H groups in total. The molecule has 0 saturated carbocycles. The van der Waals surface area contributed by atoms with Crippen molar-refractivity contribution in [3.63, 3.8) is 0 Å². The van der Waals surface area contributed by atoms with Crippen LogP contribution < -0.4 is 10.6 Å². The fraction of sp³-hybridized carbons (Fsp3) is 0.300. The number of nitrogens with zero attached hydrogens (tertiary/aromatic N) is 2.